The molecule has 170 valence electrons. The number of aryl methyl sites for hydroxylation is 1. The van der Waals surface area contributed by atoms with Gasteiger partial charge in [0.05, 0.1) is 6.10 Å². The van der Waals surface area contributed by atoms with Gasteiger partial charge in [-0.1, -0.05) is 54.5 Å². The molecule has 1 aliphatic rings. The summed E-state index contributed by atoms with van der Waals surface area (Å²) in [5.74, 6) is -0.302. The van der Waals surface area contributed by atoms with E-state index in [0.29, 0.717) is 12.0 Å². The van der Waals surface area contributed by atoms with Crippen LogP contribution in [0.5, 0.6) is 0 Å². The summed E-state index contributed by atoms with van der Waals surface area (Å²) in [5.41, 5.74) is -0.667. The molecule has 1 saturated heterocycles. The quantitative estimate of drug-likeness (QED) is 0.251. The number of esters is 1. The van der Waals surface area contributed by atoms with E-state index in [0.717, 1.165) is 24.6 Å². The first kappa shape index (κ1) is 24.8. The second-order valence-electron chi connectivity index (χ2n) is 7.86. The Kier molecular flexibility index (Phi) is 10.8. The molecule has 1 aliphatic heterocycles. The summed E-state index contributed by atoms with van der Waals surface area (Å²) < 4.78 is 12.2. The van der Waals surface area contributed by atoms with Crippen molar-refractivity contribution >= 4 is 21.9 Å². The lowest BCUT2D eigenvalue weighted by Crippen LogP contribution is -2.33. The van der Waals surface area contributed by atoms with Crippen molar-refractivity contribution in [2.24, 2.45) is 0 Å². The van der Waals surface area contributed by atoms with Crippen LogP contribution in [0, 0.1) is 6.92 Å². The van der Waals surface area contributed by atoms with Gasteiger partial charge >= 0.3 is 11.7 Å². The number of alkyl halides is 1. The molecule has 0 aromatic carbocycles. The molecule has 1 fully saturated rings. The van der Waals surface area contributed by atoms with Crippen molar-refractivity contribution in [2.45, 2.75) is 89.6 Å². The van der Waals surface area contributed by atoms with Gasteiger partial charge in [0, 0.05) is 29.9 Å². The minimum atomic E-state index is -0.855. The molecule has 0 saturated carbocycles. The van der Waals surface area contributed by atoms with Crippen LogP contribution < -0.4 is 11.2 Å². The molecule has 0 spiro atoms. The Labute approximate surface area is 185 Å². The number of halogens is 1. The van der Waals surface area contributed by atoms with Crippen molar-refractivity contribution in [3.8, 4) is 0 Å². The molecule has 3 atom stereocenters. The number of carbonyl (C=O) groups is 1. The van der Waals surface area contributed by atoms with Crippen LogP contribution in [-0.4, -0.2) is 44.8 Å². The summed E-state index contributed by atoms with van der Waals surface area (Å²) in [4.78, 5) is 37.6. The minimum absolute atomic E-state index is 0.0544. The maximum absolute atomic E-state index is 12.0. The molecule has 9 heteroatoms. The van der Waals surface area contributed by atoms with E-state index in [1.807, 2.05) is 0 Å². The first-order valence-corrected chi connectivity index (χ1v) is 11.9. The number of rotatable bonds is 13. The third-order valence-electron chi connectivity index (χ3n) is 5.33. The van der Waals surface area contributed by atoms with Gasteiger partial charge in [-0.3, -0.25) is 19.1 Å². The SMILES string of the molecule is Cc1cn(C2CC(O)C(COC(=O)CCCCCCCCCCBr)O2)c(=O)[nH]c1=O. The van der Waals surface area contributed by atoms with E-state index in [4.69, 9.17) is 9.47 Å². The number of ether oxygens (including phenoxy) is 2. The first-order chi connectivity index (χ1) is 14.4. The van der Waals surface area contributed by atoms with E-state index in [1.165, 1.54) is 42.9 Å². The maximum Gasteiger partial charge on any atom is 0.330 e. The smallest absolute Gasteiger partial charge is 0.330 e. The zero-order chi connectivity index (χ0) is 21.9. The van der Waals surface area contributed by atoms with E-state index >= 15 is 0 Å². The molecule has 0 aliphatic carbocycles. The zero-order valence-electron chi connectivity index (χ0n) is 17.6. The van der Waals surface area contributed by atoms with E-state index in [-0.39, 0.29) is 19.0 Å². The lowest BCUT2D eigenvalue weighted by Gasteiger charge is -2.16. The fourth-order valence-corrected chi connectivity index (χ4v) is 3.90. The molecular formula is C21H33BrN2O6. The molecule has 8 nitrogen and oxygen atoms in total. The van der Waals surface area contributed by atoms with Gasteiger partial charge in [0.1, 0.15) is 18.9 Å². The van der Waals surface area contributed by atoms with Crippen molar-refractivity contribution in [1.29, 1.82) is 0 Å². The maximum atomic E-state index is 12.0. The van der Waals surface area contributed by atoms with Gasteiger partial charge in [-0.2, -0.15) is 0 Å². The molecule has 1 aromatic heterocycles. The van der Waals surface area contributed by atoms with Crippen LogP contribution in [0.1, 0.15) is 76.0 Å². The first-order valence-electron chi connectivity index (χ1n) is 10.8. The minimum Gasteiger partial charge on any atom is -0.463 e. The largest absolute Gasteiger partial charge is 0.463 e. The average Bonchev–Trinajstić information content (AvgIpc) is 3.08. The van der Waals surface area contributed by atoms with Crippen molar-refractivity contribution in [3.63, 3.8) is 0 Å². The highest BCUT2D eigenvalue weighted by Gasteiger charge is 2.36. The number of nitrogens with zero attached hydrogens (tertiary/aromatic N) is 1. The van der Waals surface area contributed by atoms with Crippen LogP contribution in [0.15, 0.2) is 15.8 Å². The molecule has 2 heterocycles. The second-order valence-corrected chi connectivity index (χ2v) is 8.65. The van der Waals surface area contributed by atoms with Gasteiger partial charge in [0.15, 0.2) is 0 Å². The Bertz CT molecular complexity index is 777. The molecule has 0 amide bonds. The van der Waals surface area contributed by atoms with E-state index in [9.17, 15) is 19.5 Å². The third-order valence-corrected chi connectivity index (χ3v) is 5.89. The van der Waals surface area contributed by atoms with Crippen molar-refractivity contribution in [1.82, 2.24) is 9.55 Å². The van der Waals surface area contributed by atoms with E-state index in [2.05, 4.69) is 20.9 Å². The number of aliphatic hydroxyl groups is 1. The van der Waals surface area contributed by atoms with Crippen LogP contribution in [0.25, 0.3) is 0 Å². The van der Waals surface area contributed by atoms with Gasteiger partial charge in [0.2, 0.25) is 0 Å². The van der Waals surface area contributed by atoms with Gasteiger partial charge in [-0.15, -0.1) is 0 Å². The second kappa shape index (κ2) is 13.1. The van der Waals surface area contributed by atoms with Gasteiger partial charge in [0.25, 0.3) is 5.56 Å². The number of unbranched alkanes of at least 4 members (excludes halogenated alkanes) is 7. The fraction of sp³-hybridized carbons (Fsp3) is 0.762. The number of hydrogen-bond donors (Lipinski definition) is 2. The van der Waals surface area contributed by atoms with Crippen molar-refractivity contribution < 1.29 is 19.4 Å². The summed E-state index contributed by atoms with van der Waals surface area (Å²) >= 11 is 3.43. The van der Waals surface area contributed by atoms with Crippen LogP contribution in [-0.2, 0) is 14.3 Å². The molecule has 2 N–H and O–H groups in total. The van der Waals surface area contributed by atoms with Gasteiger partial charge in [-0.05, 0) is 19.8 Å². The number of aromatic amines is 1. The Morgan fingerprint density at radius 3 is 2.50 bits per heavy atom. The van der Waals surface area contributed by atoms with Crippen LogP contribution in [0.4, 0.5) is 0 Å². The molecule has 1 aromatic rings. The molecule has 0 bridgehead atoms. The van der Waals surface area contributed by atoms with Gasteiger partial charge in [-0.25, -0.2) is 4.79 Å². The summed E-state index contributed by atoms with van der Waals surface area (Å²) in [7, 11) is 0. The Morgan fingerprint density at radius 1 is 1.20 bits per heavy atom. The Morgan fingerprint density at radius 2 is 1.83 bits per heavy atom. The molecular weight excluding hydrogens is 456 g/mol. The summed E-state index contributed by atoms with van der Waals surface area (Å²) in [6.07, 6.45) is 8.83. The monoisotopic (exact) mass is 488 g/mol. The number of hydrogen-bond acceptors (Lipinski definition) is 6. The lowest BCUT2D eigenvalue weighted by molar-refractivity contribution is -0.150. The number of aliphatic hydroxyl groups excluding tert-OH is 1. The average molecular weight is 489 g/mol. The number of aromatic nitrogens is 2. The highest BCUT2D eigenvalue weighted by molar-refractivity contribution is 9.09. The normalized spacial score (nSPS) is 21.1. The highest BCUT2D eigenvalue weighted by atomic mass is 79.9. The molecule has 30 heavy (non-hydrogen) atoms. The molecule has 0 radical (unpaired) electrons. The predicted molar refractivity (Wildman–Crippen MR) is 117 cm³/mol. The van der Waals surface area contributed by atoms with E-state index < -0.39 is 29.7 Å². The zero-order valence-corrected chi connectivity index (χ0v) is 19.2. The third kappa shape index (κ3) is 8.00. The standard InChI is InChI=1S/C21H33BrN2O6/c1-15-13-24(21(28)23-20(15)27)18-12-16(25)17(30-18)14-29-19(26)10-8-6-4-2-3-5-7-9-11-22/h13,16-18,25H,2-12,14H2,1H3,(H,23,27,28). The topological polar surface area (TPSA) is 111 Å². The summed E-state index contributed by atoms with van der Waals surface area (Å²) in [6, 6.07) is 0. The van der Waals surface area contributed by atoms with E-state index in [1.54, 1.807) is 6.92 Å². The Hall–Kier alpha value is -1.45. The lowest BCUT2D eigenvalue weighted by atomic mass is 10.1. The Balaban J connectivity index is 1.64. The summed E-state index contributed by atoms with van der Waals surface area (Å²) in [6.45, 7) is 1.53. The number of H-pyrrole nitrogens is 1. The molecule has 2 rings (SSSR count). The van der Waals surface area contributed by atoms with Crippen molar-refractivity contribution in [2.75, 3.05) is 11.9 Å². The number of carbonyl (C=O) groups excluding carboxylic acids is 1. The van der Waals surface area contributed by atoms with Crippen LogP contribution in [0.2, 0.25) is 0 Å². The van der Waals surface area contributed by atoms with Crippen LogP contribution >= 0.6 is 15.9 Å². The molecule has 3 unspecified atom stereocenters. The van der Waals surface area contributed by atoms with Crippen LogP contribution in [0.3, 0.4) is 0 Å². The highest BCUT2D eigenvalue weighted by Crippen LogP contribution is 2.27. The van der Waals surface area contributed by atoms with Crippen molar-refractivity contribution in [3.05, 3.63) is 32.6 Å². The van der Waals surface area contributed by atoms with Gasteiger partial charge < -0.3 is 14.6 Å². The number of nitrogens with one attached hydrogen (secondary N) is 1. The fourth-order valence-electron chi connectivity index (χ4n) is 3.51. The predicted octanol–water partition coefficient (Wildman–Crippen LogP) is 2.94. The summed E-state index contributed by atoms with van der Waals surface area (Å²) in [5, 5.41) is 11.3.